The second-order valence-electron chi connectivity index (χ2n) is 7.17. The van der Waals surface area contributed by atoms with Crippen molar-refractivity contribution in [3.63, 3.8) is 0 Å². The van der Waals surface area contributed by atoms with Crippen molar-refractivity contribution in [2.45, 2.75) is 122 Å². The lowest BCUT2D eigenvalue weighted by Crippen LogP contribution is -2.10. The first-order valence-electron chi connectivity index (χ1n) is 10.4. The molecule has 0 spiro atoms. The number of unbranched alkanes of at least 4 members (excludes halogenated alkanes) is 12. The van der Waals surface area contributed by atoms with Crippen LogP contribution in [0.25, 0.3) is 0 Å². The molecular weight excluding hydrogens is 300 g/mol. The molecular formula is C21H42O3. The molecule has 0 saturated carbocycles. The van der Waals surface area contributed by atoms with Gasteiger partial charge in [-0.1, -0.05) is 90.4 Å². The minimum atomic E-state index is -0.663. The lowest BCUT2D eigenvalue weighted by Gasteiger charge is -2.15. The monoisotopic (exact) mass is 342 g/mol. The molecule has 144 valence electrons. The lowest BCUT2D eigenvalue weighted by atomic mass is 10.0. The van der Waals surface area contributed by atoms with Crippen molar-refractivity contribution in [3.8, 4) is 0 Å². The Morgan fingerprint density at radius 1 is 0.750 bits per heavy atom. The second-order valence-corrected chi connectivity index (χ2v) is 7.17. The fourth-order valence-electron chi connectivity index (χ4n) is 3.24. The number of aliphatic carboxylic acids is 1. The Balaban J connectivity index is 3.30. The van der Waals surface area contributed by atoms with Gasteiger partial charge < -0.3 is 9.84 Å². The summed E-state index contributed by atoms with van der Waals surface area (Å²) in [4.78, 5) is 10.4. The number of carboxylic acids is 1. The van der Waals surface area contributed by atoms with E-state index in [1.165, 1.54) is 89.9 Å². The molecule has 1 N–H and O–H groups in total. The van der Waals surface area contributed by atoms with Gasteiger partial charge in [0.15, 0.2) is 0 Å². The summed E-state index contributed by atoms with van der Waals surface area (Å²) in [6, 6.07) is 0. The number of carboxylic acid groups (broad SMARTS) is 1. The molecule has 0 aliphatic heterocycles. The van der Waals surface area contributed by atoms with E-state index in [9.17, 15) is 4.79 Å². The number of ether oxygens (including phenoxy) is 1. The van der Waals surface area contributed by atoms with Gasteiger partial charge in [-0.05, 0) is 19.3 Å². The molecule has 0 heterocycles. The average Bonchev–Trinajstić information content (AvgIpc) is 2.57. The molecule has 0 radical (unpaired) electrons. The molecule has 0 aromatic carbocycles. The standard InChI is InChI=1S/C21H42O3/c1-3-4-5-6-11-14-17-20(24-2)18-15-12-9-7-8-10-13-16-19-21(22)23/h20H,3-19H2,1-2H3,(H,22,23). The Morgan fingerprint density at radius 3 is 1.58 bits per heavy atom. The summed E-state index contributed by atoms with van der Waals surface area (Å²) < 4.78 is 5.62. The maximum atomic E-state index is 10.4. The molecule has 0 bridgehead atoms. The molecule has 0 aromatic rings. The first kappa shape index (κ1) is 23.4. The summed E-state index contributed by atoms with van der Waals surface area (Å²) in [7, 11) is 1.86. The van der Waals surface area contributed by atoms with Gasteiger partial charge in [0.05, 0.1) is 6.10 Å². The largest absolute Gasteiger partial charge is 0.481 e. The highest BCUT2D eigenvalue weighted by Gasteiger charge is 2.06. The third kappa shape index (κ3) is 17.8. The molecule has 3 heteroatoms. The van der Waals surface area contributed by atoms with Crippen LogP contribution in [-0.2, 0) is 9.53 Å². The van der Waals surface area contributed by atoms with Crippen LogP contribution < -0.4 is 0 Å². The van der Waals surface area contributed by atoms with E-state index in [2.05, 4.69) is 6.92 Å². The van der Waals surface area contributed by atoms with E-state index in [0.29, 0.717) is 12.5 Å². The molecule has 0 aliphatic rings. The zero-order valence-corrected chi connectivity index (χ0v) is 16.4. The number of methoxy groups -OCH3 is 1. The summed E-state index contributed by atoms with van der Waals surface area (Å²) in [5.74, 6) is -0.663. The molecule has 0 amide bonds. The van der Waals surface area contributed by atoms with Gasteiger partial charge in [-0.2, -0.15) is 0 Å². The average molecular weight is 343 g/mol. The van der Waals surface area contributed by atoms with E-state index in [1.54, 1.807) is 0 Å². The topological polar surface area (TPSA) is 46.5 Å². The SMILES string of the molecule is CCCCCCCCC(CCCCCCCCCCC(=O)O)OC. The minimum absolute atomic E-state index is 0.330. The van der Waals surface area contributed by atoms with Gasteiger partial charge in [-0.15, -0.1) is 0 Å². The van der Waals surface area contributed by atoms with Gasteiger partial charge in [0.2, 0.25) is 0 Å². The van der Waals surface area contributed by atoms with Crippen LogP contribution in [0.2, 0.25) is 0 Å². The van der Waals surface area contributed by atoms with E-state index >= 15 is 0 Å². The van der Waals surface area contributed by atoms with E-state index < -0.39 is 5.97 Å². The van der Waals surface area contributed by atoms with E-state index in [-0.39, 0.29) is 0 Å². The van der Waals surface area contributed by atoms with Gasteiger partial charge in [0, 0.05) is 13.5 Å². The fourth-order valence-corrected chi connectivity index (χ4v) is 3.24. The highest BCUT2D eigenvalue weighted by Crippen LogP contribution is 2.16. The van der Waals surface area contributed by atoms with Gasteiger partial charge in [-0.3, -0.25) is 4.79 Å². The van der Waals surface area contributed by atoms with Crippen LogP contribution in [0.3, 0.4) is 0 Å². The summed E-state index contributed by atoms with van der Waals surface area (Å²) in [5.41, 5.74) is 0. The molecule has 1 unspecified atom stereocenters. The molecule has 1 atom stereocenters. The maximum Gasteiger partial charge on any atom is 0.303 e. The summed E-state index contributed by atoms with van der Waals surface area (Å²) in [5, 5.41) is 8.57. The van der Waals surface area contributed by atoms with E-state index in [4.69, 9.17) is 9.84 Å². The maximum absolute atomic E-state index is 10.4. The van der Waals surface area contributed by atoms with Gasteiger partial charge in [-0.25, -0.2) is 0 Å². The minimum Gasteiger partial charge on any atom is -0.481 e. The summed E-state index contributed by atoms with van der Waals surface area (Å²) in [6.45, 7) is 2.26. The van der Waals surface area contributed by atoms with Crippen molar-refractivity contribution in [1.82, 2.24) is 0 Å². The third-order valence-electron chi connectivity index (χ3n) is 4.88. The molecule has 0 aliphatic carbocycles. The summed E-state index contributed by atoms with van der Waals surface area (Å²) >= 11 is 0. The molecule has 0 fully saturated rings. The Hall–Kier alpha value is -0.570. The van der Waals surface area contributed by atoms with Crippen molar-refractivity contribution >= 4 is 5.97 Å². The predicted molar refractivity (Wildman–Crippen MR) is 103 cm³/mol. The molecule has 0 rings (SSSR count). The van der Waals surface area contributed by atoms with Crippen LogP contribution in [0.1, 0.15) is 116 Å². The van der Waals surface area contributed by atoms with Crippen molar-refractivity contribution in [1.29, 1.82) is 0 Å². The van der Waals surface area contributed by atoms with E-state index in [0.717, 1.165) is 12.8 Å². The highest BCUT2D eigenvalue weighted by molar-refractivity contribution is 5.66. The van der Waals surface area contributed by atoms with Crippen LogP contribution in [0.15, 0.2) is 0 Å². The number of hydrogen-bond acceptors (Lipinski definition) is 2. The van der Waals surface area contributed by atoms with Crippen molar-refractivity contribution in [2.75, 3.05) is 7.11 Å². The zero-order valence-electron chi connectivity index (χ0n) is 16.4. The van der Waals surface area contributed by atoms with E-state index in [1.807, 2.05) is 7.11 Å². The quantitative estimate of drug-likeness (QED) is 0.264. The zero-order chi connectivity index (χ0) is 17.9. The Bertz CT molecular complexity index is 266. The molecule has 0 saturated heterocycles. The number of carbonyl (C=O) groups is 1. The lowest BCUT2D eigenvalue weighted by molar-refractivity contribution is -0.137. The first-order chi connectivity index (χ1) is 11.7. The van der Waals surface area contributed by atoms with Crippen molar-refractivity contribution < 1.29 is 14.6 Å². The van der Waals surface area contributed by atoms with Gasteiger partial charge >= 0.3 is 5.97 Å². The fraction of sp³-hybridized carbons (Fsp3) is 0.952. The van der Waals surface area contributed by atoms with Crippen LogP contribution in [0.5, 0.6) is 0 Å². The van der Waals surface area contributed by atoms with Crippen molar-refractivity contribution in [3.05, 3.63) is 0 Å². The number of hydrogen-bond donors (Lipinski definition) is 1. The van der Waals surface area contributed by atoms with Crippen LogP contribution >= 0.6 is 0 Å². The molecule has 24 heavy (non-hydrogen) atoms. The number of rotatable bonds is 19. The first-order valence-corrected chi connectivity index (χ1v) is 10.4. The van der Waals surface area contributed by atoms with Crippen molar-refractivity contribution in [2.24, 2.45) is 0 Å². The van der Waals surface area contributed by atoms with Gasteiger partial charge in [0.1, 0.15) is 0 Å². The third-order valence-corrected chi connectivity index (χ3v) is 4.88. The normalized spacial score (nSPS) is 12.4. The predicted octanol–water partition coefficient (Wildman–Crippen LogP) is 6.74. The van der Waals surface area contributed by atoms with Crippen LogP contribution in [0, 0.1) is 0 Å². The van der Waals surface area contributed by atoms with Gasteiger partial charge in [0.25, 0.3) is 0 Å². The van der Waals surface area contributed by atoms with Crippen LogP contribution in [-0.4, -0.2) is 24.3 Å². The summed E-state index contributed by atoms with van der Waals surface area (Å²) in [6.07, 6.45) is 20.9. The highest BCUT2D eigenvalue weighted by atomic mass is 16.5. The Labute approximate surface area is 150 Å². The Kier molecular flexibility index (Phi) is 18.3. The second kappa shape index (κ2) is 18.8. The smallest absolute Gasteiger partial charge is 0.303 e. The van der Waals surface area contributed by atoms with Crippen LogP contribution in [0.4, 0.5) is 0 Å². The molecule has 3 nitrogen and oxygen atoms in total. The molecule has 0 aromatic heterocycles. The Morgan fingerprint density at radius 2 is 1.17 bits per heavy atom.